The molecule has 0 aromatic heterocycles. The van der Waals surface area contributed by atoms with Crippen molar-refractivity contribution in [3.8, 4) is 0 Å². The highest BCUT2D eigenvalue weighted by molar-refractivity contribution is 8.15. The number of rotatable bonds is 3. The molecule has 0 aliphatic carbocycles. The molecule has 1 aliphatic rings. The van der Waals surface area contributed by atoms with Crippen LogP contribution in [0, 0.1) is 0 Å². The molecule has 0 saturated heterocycles. The Hall–Kier alpha value is -0.240. The van der Waals surface area contributed by atoms with Gasteiger partial charge in [-0.05, 0) is 12.5 Å². The van der Waals surface area contributed by atoms with Crippen LogP contribution in [0.15, 0.2) is 12.2 Å². The third-order valence-corrected chi connectivity index (χ3v) is 2.62. The van der Waals surface area contributed by atoms with Crippen LogP contribution >= 0.6 is 11.8 Å². The molecule has 1 atom stereocenters. The van der Waals surface area contributed by atoms with Gasteiger partial charge >= 0.3 is 0 Å². The van der Waals surface area contributed by atoms with Crippen LogP contribution in [-0.4, -0.2) is 10.4 Å². The molecule has 56 valence electrons. The predicted molar refractivity (Wildman–Crippen MR) is 45.1 cm³/mol. The topological polar surface area (TPSA) is 17.1 Å². The molecule has 1 nitrogen and oxygen atoms in total. The van der Waals surface area contributed by atoms with Gasteiger partial charge in [-0.2, -0.15) is 0 Å². The maximum absolute atomic E-state index is 10.7. The third kappa shape index (κ3) is 2.18. The molecule has 0 aromatic carbocycles. The molecule has 1 heterocycles. The molecule has 0 saturated carbocycles. The fourth-order valence-corrected chi connectivity index (χ4v) is 1.87. The smallest absolute Gasteiger partial charge is 0.212 e. The van der Waals surface area contributed by atoms with E-state index in [0.29, 0.717) is 5.25 Å². The summed E-state index contributed by atoms with van der Waals surface area (Å²) in [6.45, 7) is 2.17. The maximum atomic E-state index is 10.7. The lowest BCUT2D eigenvalue weighted by Crippen LogP contribution is -1.94. The van der Waals surface area contributed by atoms with Crippen molar-refractivity contribution in [3.05, 3.63) is 12.2 Å². The summed E-state index contributed by atoms with van der Waals surface area (Å²) < 4.78 is 0. The quantitative estimate of drug-likeness (QED) is 0.624. The van der Waals surface area contributed by atoms with Crippen molar-refractivity contribution in [1.29, 1.82) is 0 Å². The van der Waals surface area contributed by atoms with Crippen LogP contribution in [0.4, 0.5) is 0 Å². The number of carbonyl (C=O) groups is 1. The third-order valence-electron chi connectivity index (χ3n) is 1.56. The molecular formula is C8H12OS. The van der Waals surface area contributed by atoms with Gasteiger partial charge in [-0.1, -0.05) is 37.6 Å². The summed E-state index contributed by atoms with van der Waals surface area (Å²) in [4.78, 5) is 10.7. The number of thioether (sulfide) groups is 1. The number of hydrogen-bond donors (Lipinski definition) is 0. The van der Waals surface area contributed by atoms with Gasteiger partial charge in [0.2, 0.25) is 5.12 Å². The summed E-state index contributed by atoms with van der Waals surface area (Å²) in [6, 6.07) is 0. The molecule has 0 aromatic rings. The maximum Gasteiger partial charge on any atom is 0.212 e. The van der Waals surface area contributed by atoms with Crippen LogP contribution < -0.4 is 0 Å². The highest BCUT2D eigenvalue weighted by Gasteiger charge is 2.14. The van der Waals surface area contributed by atoms with E-state index < -0.39 is 0 Å². The molecule has 0 fully saturated rings. The number of unbranched alkanes of at least 4 members (excludes halogenated alkanes) is 1. The van der Waals surface area contributed by atoms with Gasteiger partial charge in [-0.15, -0.1) is 0 Å². The first-order chi connectivity index (χ1) is 4.83. The van der Waals surface area contributed by atoms with E-state index in [-0.39, 0.29) is 5.12 Å². The molecule has 1 aliphatic heterocycles. The second-order valence-corrected chi connectivity index (χ2v) is 3.72. The summed E-state index contributed by atoms with van der Waals surface area (Å²) in [7, 11) is 0. The first-order valence-electron chi connectivity index (χ1n) is 3.71. The van der Waals surface area contributed by atoms with Gasteiger partial charge in [0.25, 0.3) is 0 Å². The highest BCUT2D eigenvalue weighted by Crippen LogP contribution is 2.25. The summed E-state index contributed by atoms with van der Waals surface area (Å²) in [5, 5.41) is 0.702. The molecular weight excluding hydrogens is 144 g/mol. The minimum absolute atomic E-state index is 0.223. The van der Waals surface area contributed by atoms with Crippen molar-refractivity contribution in [1.82, 2.24) is 0 Å². The minimum Gasteiger partial charge on any atom is -0.282 e. The number of carbonyl (C=O) groups excluding carboxylic acids is 1. The highest BCUT2D eigenvalue weighted by atomic mass is 32.2. The SMILES string of the molecule is CCCCC1C=CC(=O)S1. The average molecular weight is 156 g/mol. The van der Waals surface area contributed by atoms with Gasteiger partial charge < -0.3 is 0 Å². The van der Waals surface area contributed by atoms with E-state index >= 15 is 0 Å². The monoisotopic (exact) mass is 156 g/mol. The van der Waals surface area contributed by atoms with E-state index in [2.05, 4.69) is 6.92 Å². The molecule has 0 amide bonds. The Morgan fingerprint density at radius 1 is 1.70 bits per heavy atom. The zero-order valence-electron chi connectivity index (χ0n) is 6.17. The van der Waals surface area contributed by atoms with Crippen LogP contribution in [0.1, 0.15) is 26.2 Å². The second kappa shape index (κ2) is 3.81. The van der Waals surface area contributed by atoms with E-state index in [1.165, 1.54) is 24.6 Å². The lowest BCUT2D eigenvalue weighted by Gasteiger charge is -2.02. The van der Waals surface area contributed by atoms with Crippen molar-refractivity contribution >= 4 is 16.9 Å². The lowest BCUT2D eigenvalue weighted by atomic mass is 10.2. The first kappa shape index (κ1) is 7.86. The van der Waals surface area contributed by atoms with Gasteiger partial charge in [-0.3, -0.25) is 4.79 Å². The van der Waals surface area contributed by atoms with Crippen molar-refractivity contribution in [2.75, 3.05) is 0 Å². The molecule has 0 bridgehead atoms. The van der Waals surface area contributed by atoms with Crippen molar-refractivity contribution in [3.63, 3.8) is 0 Å². The summed E-state index contributed by atoms with van der Waals surface area (Å²) in [5.41, 5.74) is 0. The van der Waals surface area contributed by atoms with Crippen LogP contribution in [-0.2, 0) is 4.79 Å². The van der Waals surface area contributed by atoms with E-state index in [4.69, 9.17) is 0 Å². The summed E-state index contributed by atoms with van der Waals surface area (Å²) in [6.07, 6.45) is 7.31. The molecule has 0 spiro atoms. The summed E-state index contributed by atoms with van der Waals surface area (Å²) >= 11 is 1.46. The second-order valence-electron chi connectivity index (χ2n) is 2.48. The van der Waals surface area contributed by atoms with Crippen molar-refractivity contribution in [2.24, 2.45) is 0 Å². The fourth-order valence-electron chi connectivity index (χ4n) is 0.974. The normalized spacial score (nSPS) is 24.1. The molecule has 0 radical (unpaired) electrons. The molecule has 1 unspecified atom stereocenters. The average Bonchev–Trinajstić information content (AvgIpc) is 2.31. The minimum atomic E-state index is 0.223. The van der Waals surface area contributed by atoms with Crippen LogP contribution in [0.3, 0.4) is 0 Å². The van der Waals surface area contributed by atoms with E-state index in [0.717, 1.165) is 6.42 Å². The Balaban J connectivity index is 2.20. The van der Waals surface area contributed by atoms with Crippen LogP contribution in [0.2, 0.25) is 0 Å². The van der Waals surface area contributed by atoms with E-state index in [1.54, 1.807) is 6.08 Å². The Bertz CT molecular complexity index is 151. The largest absolute Gasteiger partial charge is 0.282 e. The number of hydrogen-bond acceptors (Lipinski definition) is 2. The van der Waals surface area contributed by atoms with E-state index in [9.17, 15) is 4.79 Å². The zero-order valence-corrected chi connectivity index (χ0v) is 6.99. The standard InChI is InChI=1S/C8H12OS/c1-2-3-4-7-5-6-8(9)10-7/h5-7H,2-4H2,1H3. The fraction of sp³-hybridized carbons (Fsp3) is 0.625. The molecule has 2 heteroatoms. The molecule has 1 rings (SSSR count). The Kier molecular flexibility index (Phi) is 3.00. The van der Waals surface area contributed by atoms with Gasteiger partial charge in [-0.25, -0.2) is 0 Å². The molecule has 0 N–H and O–H groups in total. The van der Waals surface area contributed by atoms with E-state index in [1.807, 2.05) is 6.08 Å². The van der Waals surface area contributed by atoms with Gasteiger partial charge in [0, 0.05) is 5.25 Å². The van der Waals surface area contributed by atoms with Crippen LogP contribution in [0.25, 0.3) is 0 Å². The van der Waals surface area contributed by atoms with Crippen molar-refractivity contribution in [2.45, 2.75) is 31.4 Å². The Morgan fingerprint density at radius 3 is 3.00 bits per heavy atom. The zero-order chi connectivity index (χ0) is 7.40. The summed E-state index contributed by atoms with van der Waals surface area (Å²) in [5.74, 6) is 0. The lowest BCUT2D eigenvalue weighted by molar-refractivity contribution is -0.106. The Morgan fingerprint density at radius 2 is 2.50 bits per heavy atom. The predicted octanol–water partition coefficient (Wildman–Crippen LogP) is 2.37. The first-order valence-corrected chi connectivity index (χ1v) is 4.59. The van der Waals surface area contributed by atoms with Gasteiger partial charge in [0.05, 0.1) is 0 Å². The van der Waals surface area contributed by atoms with Gasteiger partial charge in [0.1, 0.15) is 0 Å². The molecule has 10 heavy (non-hydrogen) atoms. The van der Waals surface area contributed by atoms with Crippen molar-refractivity contribution < 1.29 is 4.79 Å². The van der Waals surface area contributed by atoms with Gasteiger partial charge in [0.15, 0.2) is 0 Å². The van der Waals surface area contributed by atoms with Crippen LogP contribution in [0.5, 0.6) is 0 Å². The Labute approximate surface area is 65.9 Å².